The van der Waals surface area contributed by atoms with E-state index in [1.807, 2.05) is 0 Å². The lowest BCUT2D eigenvalue weighted by Crippen LogP contribution is -2.48. The van der Waals surface area contributed by atoms with Crippen molar-refractivity contribution in [2.24, 2.45) is 23.7 Å². The van der Waals surface area contributed by atoms with Gasteiger partial charge in [-0.15, -0.1) is 0 Å². The zero-order valence-electron chi connectivity index (χ0n) is 19.2. The van der Waals surface area contributed by atoms with E-state index in [1.165, 1.54) is 9.80 Å². The molecule has 10 heteroatoms. The fourth-order valence-corrected chi connectivity index (χ4v) is 5.92. The number of fused-ring (bicyclic) bond motifs is 2. The molecule has 0 bridgehead atoms. The monoisotopic (exact) mass is 517 g/mol. The van der Waals surface area contributed by atoms with E-state index in [4.69, 9.17) is 27.9 Å². The van der Waals surface area contributed by atoms with Crippen LogP contribution in [0.25, 0.3) is 0 Å². The smallest absolute Gasteiger partial charge is 0.234 e. The van der Waals surface area contributed by atoms with Crippen LogP contribution in [0.5, 0.6) is 5.75 Å². The molecule has 4 atom stereocenters. The maximum absolute atomic E-state index is 13.2. The van der Waals surface area contributed by atoms with Crippen LogP contribution in [0.4, 0.5) is 5.69 Å². The number of amides is 4. The Morgan fingerprint density at radius 2 is 1.20 bits per heavy atom. The first-order chi connectivity index (χ1) is 16.8. The van der Waals surface area contributed by atoms with Crippen LogP contribution in [0.3, 0.4) is 0 Å². The zero-order chi connectivity index (χ0) is 24.9. The average molecular weight is 518 g/mol. The first-order valence-electron chi connectivity index (χ1n) is 11.6. The molecule has 0 aromatic heterocycles. The molecule has 2 aliphatic carbocycles. The molecule has 0 radical (unpaired) electrons. The normalized spacial score (nSPS) is 28.1. The Labute approximate surface area is 213 Å². The number of methoxy groups -OCH3 is 1. The van der Waals surface area contributed by atoms with Crippen molar-refractivity contribution in [1.82, 2.24) is 9.80 Å². The number of imide groups is 2. The van der Waals surface area contributed by atoms with Crippen molar-refractivity contribution in [3.63, 3.8) is 0 Å². The number of anilines is 1. The molecular weight excluding hydrogens is 493 g/mol. The Kier molecular flexibility index (Phi) is 6.36. The standard InChI is InChI=1S/C25H25Cl2N3O5/c1-35-17-6-4-16(5-7-17)28(12-29-22(31)18-8-2-14(26)10-20(18)24(29)33)13-30-23(32)19-9-3-15(27)11-21(19)25(30)34/h2-7,18-21H,8-13H2,1H3/t18-,19-,20+,21+/m1/s1. The SMILES string of the molecule is COc1ccc(N(CN2C(=O)[C@H]3CC(Cl)=CC[C@H]3C2=O)CN2C(=O)[C@H]3CC(Cl)=CC[C@H]3C2=O)cc1. The highest BCUT2D eigenvalue weighted by Crippen LogP contribution is 2.41. The number of halogens is 2. The van der Waals surface area contributed by atoms with Gasteiger partial charge in [-0.2, -0.15) is 0 Å². The Morgan fingerprint density at radius 1 is 0.771 bits per heavy atom. The van der Waals surface area contributed by atoms with E-state index in [0.717, 1.165) is 0 Å². The molecule has 35 heavy (non-hydrogen) atoms. The number of carbonyl (C=O) groups excluding carboxylic acids is 4. The van der Waals surface area contributed by atoms with Gasteiger partial charge in [0.25, 0.3) is 0 Å². The van der Waals surface area contributed by atoms with Crippen molar-refractivity contribution in [1.29, 1.82) is 0 Å². The average Bonchev–Trinajstić information content (AvgIpc) is 3.23. The number of likely N-dealkylation sites (tertiary alicyclic amines) is 2. The summed E-state index contributed by atoms with van der Waals surface area (Å²) in [6.45, 7) is -0.167. The number of hydrogen-bond donors (Lipinski definition) is 0. The minimum atomic E-state index is -0.483. The Balaban J connectivity index is 1.41. The highest BCUT2D eigenvalue weighted by atomic mass is 35.5. The maximum atomic E-state index is 13.2. The second-order valence-electron chi connectivity index (χ2n) is 9.34. The first kappa shape index (κ1) is 23.9. The number of benzene rings is 1. The lowest BCUT2D eigenvalue weighted by molar-refractivity contribution is -0.140. The zero-order valence-corrected chi connectivity index (χ0v) is 20.7. The summed E-state index contributed by atoms with van der Waals surface area (Å²) in [6, 6.07) is 7.03. The largest absolute Gasteiger partial charge is 0.497 e. The van der Waals surface area contributed by atoms with Crippen LogP contribution in [0.15, 0.2) is 46.5 Å². The third kappa shape index (κ3) is 4.23. The maximum Gasteiger partial charge on any atom is 0.234 e. The van der Waals surface area contributed by atoms with Crippen molar-refractivity contribution in [2.45, 2.75) is 25.7 Å². The van der Waals surface area contributed by atoms with Gasteiger partial charge < -0.3 is 9.64 Å². The topological polar surface area (TPSA) is 87.2 Å². The van der Waals surface area contributed by atoms with Crippen molar-refractivity contribution >= 4 is 52.5 Å². The van der Waals surface area contributed by atoms with E-state index < -0.39 is 23.7 Å². The van der Waals surface area contributed by atoms with Crippen LogP contribution in [0.1, 0.15) is 25.7 Å². The van der Waals surface area contributed by atoms with Gasteiger partial charge >= 0.3 is 0 Å². The molecule has 2 fully saturated rings. The summed E-state index contributed by atoms with van der Waals surface area (Å²) >= 11 is 12.3. The van der Waals surface area contributed by atoms with Gasteiger partial charge in [0.05, 0.1) is 30.8 Å². The minimum Gasteiger partial charge on any atom is -0.497 e. The van der Waals surface area contributed by atoms with Crippen LogP contribution in [0.2, 0.25) is 0 Å². The predicted molar refractivity (Wildman–Crippen MR) is 129 cm³/mol. The van der Waals surface area contributed by atoms with Gasteiger partial charge in [0.15, 0.2) is 0 Å². The lowest BCUT2D eigenvalue weighted by Gasteiger charge is -2.32. The predicted octanol–water partition coefficient (Wildman–Crippen LogP) is 3.45. The van der Waals surface area contributed by atoms with E-state index in [2.05, 4.69) is 0 Å². The van der Waals surface area contributed by atoms with Crippen LogP contribution in [-0.2, 0) is 19.2 Å². The van der Waals surface area contributed by atoms with Gasteiger partial charge in [0.1, 0.15) is 19.1 Å². The quantitative estimate of drug-likeness (QED) is 0.537. The molecule has 8 nitrogen and oxygen atoms in total. The molecule has 1 aromatic carbocycles. The summed E-state index contributed by atoms with van der Waals surface area (Å²) < 4.78 is 5.24. The second-order valence-corrected chi connectivity index (χ2v) is 10.3. The summed E-state index contributed by atoms with van der Waals surface area (Å²) in [5.74, 6) is -2.29. The molecule has 1 aromatic rings. The molecule has 4 amide bonds. The Hall–Kier alpha value is -2.84. The molecule has 0 spiro atoms. The third-order valence-electron chi connectivity index (χ3n) is 7.38. The van der Waals surface area contributed by atoms with Crippen molar-refractivity contribution in [3.8, 4) is 5.75 Å². The molecule has 184 valence electrons. The van der Waals surface area contributed by atoms with E-state index >= 15 is 0 Å². The van der Waals surface area contributed by atoms with Gasteiger partial charge in [0, 0.05) is 15.8 Å². The Bertz CT molecular complexity index is 1080. The number of hydrogen-bond acceptors (Lipinski definition) is 6. The molecule has 0 N–H and O–H groups in total. The molecule has 0 unspecified atom stereocenters. The highest BCUT2D eigenvalue weighted by Gasteiger charge is 2.51. The number of ether oxygens (including phenoxy) is 1. The highest BCUT2D eigenvalue weighted by molar-refractivity contribution is 6.30. The van der Waals surface area contributed by atoms with Crippen molar-refractivity contribution in [2.75, 3.05) is 25.3 Å². The summed E-state index contributed by atoms with van der Waals surface area (Å²) in [5, 5.41) is 1.17. The minimum absolute atomic E-state index is 0.0833. The summed E-state index contributed by atoms with van der Waals surface area (Å²) in [5.41, 5.74) is 0.643. The van der Waals surface area contributed by atoms with Gasteiger partial charge in [-0.25, -0.2) is 0 Å². The molecule has 2 heterocycles. The molecule has 0 saturated carbocycles. The van der Waals surface area contributed by atoms with Crippen LogP contribution >= 0.6 is 23.2 Å². The molecular formula is C25H25Cl2N3O5. The first-order valence-corrected chi connectivity index (χ1v) is 12.3. The summed E-state index contributed by atoms with van der Waals surface area (Å²) in [4.78, 5) is 56.8. The molecule has 4 aliphatic rings. The van der Waals surface area contributed by atoms with Crippen molar-refractivity contribution < 1.29 is 23.9 Å². The molecule has 5 rings (SSSR count). The van der Waals surface area contributed by atoms with E-state index in [-0.39, 0.29) is 37.0 Å². The number of nitrogens with zero attached hydrogens (tertiary/aromatic N) is 3. The van der Waals surface area contributed by atoms with Crippen LogP contribution in [-0.4, -0.2) is 53.9 Å². The third-order valence-corrected chi connectivity index (χ3v) is 8.00. The van der Waals surface area contributed by atoms with Gasteiger partial charge in [-0.05, 0) is 49.9 Å². The van der Waals surface area contributed by atoms with Gasteiger partial charge in [-0.3, -0.25) is 29.0 Å². The van der Waals surface area contributed by atoms with E-state index in [1.54, 1.807) is 48.4 Å². The summed E-state index contributed by atoms with van der Waals surface area (Å²) in [7, 11) is 1.55. The van der Waals surface area contributed by atoms with Gasteiger partial charge in [0.2, 0.25) is 23.6 Å². The number of rotatable bonds is 6. The second kappa shape index (κ2) is 9.32. The van der Waals surface area contributed by atoms with E-state index in [9.17, 15) is 19.2 Å². The fraction of sp³-hybridized carbons (Fsp3) is 0.440. The molecule has 2 aliphatic heterocycles. The van der Waals surface area contributed by atoms with Crippen LogP contribution in [0, 0.1) is 23.7 Å². The summed E-state index contributed by atoms with van der Waals surface area (Å²) in [6.07, 6.45) is 5.12. The van der Waals surface area contributed by atoms with Gasteiger partial charge in [-0.1, -0.05) is 35.4 Å². The van der Waals surface area contributed by atoms with Crippen LogP contribution < -0.4 is 9.64 Å². The van der Waals surface area contributed by atoms with Crippen molar-refractivity contribution in [3.05, 3.63) is 46.5 Å². The Morgan fingerprint density at radius 3 is 1.63 bits per heavy atom. The lowest BCUT2D eigenvalue weighted by atomic mass is 9.85. The van der Waals surface area contributed by atoms with E-state index in [0.29, 0.717) is 47.2 Å². The fourth-order valence-electron chi connectivity index (χ4n) is 5.41. The number of carbonyl (C=O) groups is 4. The number of allylic oxidation sites excluding steroid dienone is 4. The molecule has 2 saturated heterocycles.